The van der Waals surface area contributed by atoms with Gasteiger partial charge in [-0.2, -0.15) is 0 Å². The van der Waals surface area contributed by atoms with Gasteiger partial charge in [0.15, 0.2) is 0 Å². The van der Waals surface area contributed by atoms with Crippen molar-refractivity contribution in [3.63, 3.8) is 0 Å². The summed E-state index contributed by atoms with van der Waals surface area (Å²) in [6, 6.07) is 0. The zero-order chi connectivity index (χ0) is 9.84. The monoisotopic (exact) mass is 189 g/mol. The van der Waals surface area contributed by atoms with E-state index in [1.54, 1.807) is 7.11 Å². The summed E-state index contributed by atoms with van der Waals surface area (Å²) in [6.07, 6.45) is 2.09. The summed E-state index contributed by atoms with van der Waals surface area (Å²) in [5, 5.41) is 9.44. The van der Waals surface area contributed by atoms with Crippen LogP contribution in [0.5, 0.6) is 0 Å². The lowest BCUT2D eigenvalue weighted by Gasteiger charge is -2.31. The molecular formula is C8H15NO4. The Morgan fingerprint density at radius 3 is 2.62 bits per heavy atom. The molecule has 5 heteroatoms. The summed E-state index contributed by atoms with van der Waals surface area (Å²) >= 11 is 0. The normalized spacial score (nSPS) is 34.2. The third-order valence-electron chi connectivity index (χ3n) is 2.52. The smallest absolute Gasteiger partial charge is 0.294 e. The van der Waals surface area contributed by atoms with Gasteiger partial charge in [0, 0.05) is 7.11 Å². The van der Waals surface area contributed by atoms with Gasteiger partial charge >= 0.3 is 0 Å². The first-order valence-corrected chi connectivity index (χ1v) is 4.47. The molecule has 0 N–H and O–H groups in total. The maximum Gasteiger partial charge on any atom is 0.294 e. The average Bonchev–Trinajstić information content (AvgIpc) is 2.03. The highest BCUT2D eigenvalue weighted by Gasteiger charge is 2.31. The van der Waals surface area contributed by atoms with Gasteiger partial charge < -0.3 is 9.57 Å². The minimum Gasteiger partial charge on any atom is -0.379 e. The Morgan fingerprint density at radius 2 is 2.08 bits per heavy atom. The minimum atomic E-state index is -0.727. The summed E-state index contributed by atoms with van der Waals surface area (Å²) < 4.78 is 5.12. The molecular weight excluding hydrogens is 174 g/mol. The first-order chi connectivity index (χ1) is 6.13. The molecule has 1 fully saturated rings. The molecule has 0 aromatic heterocycles. The van der Waals surface area contributed by atoms with Crippen LogP contribution >= 0.6 is 0 Å². The molecule has 0 heterocycles. The average molecular weight is 189 g/mol. The highest BCUT2D eigenvalue weighted by molar-refractivity contribution is 4.78. The maximum absolute atomic E-state index is 10.2. The van der Waals surface area contributed by atoms with E-state index in [1.165, 1.54) is 0 Å². The summed E-state index contributed by atoms with van der Waals surface area (Å²) in [7, 11) is 1.57. The second kappa shape index (κ2) is 4.41. The van der Waals surface area contributed by atoms with Crippen LogP contribution in [0.1, 0.15) is 26.2 Å². The van der Waals surface area contributed by atoms with Crippen LogP contribution in [0.25, 0.3) is 0 Å². The molecule has 0 saturated heterocycles. The molecule has 0 unspecified atom stereocenters. The first kappa shape index (κ1) is 10.2. The number of rotatable bonds is 3. The number of hydrogen-bond donors (Lipinski definition) is 0. The summed E-state index contributed by atoms with van der Waals surface area (Å²) in [5.41, 5.74) is 0. The van der Waals surface area contributed by atoms with Gasteiger partial charge in [-0.25, -0.2) is 0 Å². The fourth-order valence-electron chi connectivity index (χ4n) is 1.79. The van der Waals surface area contributed by atoms with Gasteiger partial charge in [0.1, 0.15) is 6.10 Å². The quantitative estimate of drug-likeness (QED) is 0.497. The van der Waals surface area contributed by atoms with Gasteiger partial charge in [0.05, 0.1) is 6.10 Å². The van der Waals surface area contributed by atoms with Gasteiger partial charge in [-0.15, -0.1) is 10.1 Å². The van der Waals surface area contributed by atoms with E-state index < -0.39 is 5.09 Å². The molecule has 0 amide bonds. The van der Waals surface area contributed by atoms with Gasteiger partial charge in [-0.05, 0) is 25.2 Å². The Labute approximate surface area is 77.1 Å². The van der Waals surface area contributed by atoms with Crippen LogP contribution in [-0.4, -0.2) is 24.4 Å². The molecule has 0 radical (unpaired) electrons. The molecule has 0 bridgehead atoms. The van der Waals surface area contributed by atoms with Crippen molar-refractivity contribution in [2.24, 2.45) is 5.92 Å². The van der Waals surface area contributed by atoms with Crippen LogP contribution in [0.3, 0.4) is 0 Å². The van der Waals surface area contributed by atoms with Gasteiger partial charge in [-0.3, -0.25) is 0 Å². The Hall–Kier alpha value is -0.840. The van der Waals surface area contributed by atoms with E-state index in [-0.39, 0.29) is 12.2 Å². The van der Waals surface area contributed by atoms with Crippen molar-refractivity contribution in [1.82, 2.24) is 0 Å². The number of nitrogens with zero attached hydrogens (tertiary/aromatic N) is 1. The van der Waals surface area contributed by atoms with Crippen LogP contribution in [-0.2, 0) is 9.57 Å². The molecule has 0 spiro atoms. The van der Waals surface area contributed by atoms with Crippen molar-refractivity contribution >= 4 is 0 Å². The molecule has 76 valence electrons. The molecule has 0 aromatic rings. The van der Waals surface area contributed by atoms with Crippen LogP contribution < -0.4 is 0 Å². The third-order valence-corrected chi connectivity index (χ3v) is 2.52. The van der Waals surface area contributed by atoms with Crippen LogP contribution in [0.4, 0.5) is 0 Å². The maximum atomic E-state index is 10.2. The predicted molar refractivity (Wildman–Crippen MR) is 45.7 cm³/mol. The topological polar surface area (TPSA) is 61.6 Å². The lowest BCUT2D eigenvalue weighted by molar-refractivity contribution is -0.771. The molecule has 1 aliphatic carbocycles. The second-order valence-corrected chi connectivity index (χ2v) is 3.56. The molecule has 0 aliphatic heterocycles. The van der Waals surface area contributed by atoms with E-state index in [1.807, 2.05) is 0 Å². The van der Waals surface area contributed by atoms with Crippen LogP contribution in [0.15, 0.2) is 0 Å². The Kier molecular flexibility index (Phi) is 3.48. The Morgan fingerprint density at radius 1 is 1.38 bits per heavy atom. The molecule has 1 rings (SSSR count). The van der Waals surface area contributed by atoms with E-state index in [9.17, 15) is 10.1 Å². The van der Waals surface area contributed by atoms with Crippen molar-refractivity contribution in [2.75, 3.05) is 7.11 Å². The number of hydrogen-bond acceptors (Lipinski definition) is 4. The molecule has 0 aromatic carbocycles. The fourth-order valence-corrected chi connectivity index (χ4v) is 1.79. The summed E-state index contributed by atoms with van der Waals surface area (Å²) in [5.74, 6) is 0.483. The van der Waals surface area contributed by atoms with Crippen molar-refractivity contribution in [3.8, 4) is 0 Å². The number of ether oxygens (including phenoxy) is 1. The first-order valence-electron chi connectivity index (χ1n) is 4.47. The standard InChI is InChI=1S/C8H15NO4/c1-6-3-4-7(12-2)8(5-6)13-9(10)11/h6-8H,3-5H2,1-2H3/t6-,7+,8+/m1/s1. The van der Waals surface area contributed by atoms with Crippen molar-refractivity contribution in [2.45, 2.75) is 38.4 Å². The predicted octanol–water partition coefficient (Wildman–Crippen LogP) is 1.40. The van der Waals surface area contributed by atoms with Crippen LogP contribution in [0, 0.1) is 16.0 Å². The van der Waals surface area contributed by atoms with Gasteiger partial charge in [0.25, 0.3) is 5.09 Å². The number of methoxy groups -OCH3 is 1. The lowest BCUT2D eigenvalue weighted by atomic mass is 9.86. The Bertz CT molecular complexity index is 185. The zero-order valence-electron chi connectivity index (χ0n) is 7.93. The summed E-state index contributed by atoms with van der Waals surface area (Å²) in [4.78, 5) is 14.7. The summed E-state index contributed by atoms with van der Waals surface area (Å²) in [6.45, 7) is 2.07. The molecule has 5 nitrogen and oxygen atoms in total. The van der Waals surface area contributed by atoms with E-state index in [0.717, 1.165) is 12.8 Å². The fraction of sp³-hybridized carbons (Fsp3) is 1.00. The van der Waals surface area contributed by atoms with E-state index >= 15 is 0 Å². The highest BCUT2D eigenvalue weighted by atomic mass is 17.0. The zero-order valence-corrected chi connectivity index (χ0v) is 7.93. The van der Waals surface area contributed by atoms with Gasteiger partial charge in [-0.1, -0.05) is 6.92 Å². The third kappa shape index (κ3) is 2.84. The highest BCUT2D eigenvalue weighted by Crippen LogP contribution is 2.27. The van der Waals surface area contributed by atoms with E-state index in [4.69, 9.17) is 4.74 Å². The largest absolute Gasteiger partial charge is 0.379 e. The molecule has 1 saturated carbocycles. The second-order valence-electron chi connectivity index (χ2n) is 3.56. The van der Waals surface area contributed by atoms with E-state index in [2.05, 4.69) is 11.8 Å². The molecule has 3 atom stereocenters. The van der Waals surface area contributed by atoms with Gasteiger partial charge in [0.2, 0.25) is 0 Å². The van der Waals surface area contributed by atoms with E-state index in [0.29, 0.717) is 12.3 Å². The molecule has 1 aliphatic rings. The van der Waals surface area contributed by atoms with Crippen LogP contribution in [0.2, 0.25) is 0 Å². The van der Waals surface area contributed by atoms with Crippen molar-refractivity contribution in [3.05, 3.63) is 10.1 Å². The SMILES string of the molecule is CO[C@H]1CC[C@@H](C)C[C@@H]1O[N+](=O)[O-]. The Balaban J connectivity index is 2.49. The van der Waals surface area contributed by atoms with Crippen molar-refractivity contribution < 1.29 is 14.7 Å². The lowest BCUT2D eigenvalue weighted by Crippen LogP contribution is -2.38. The molecule has 13 heavy (non-hydrogen) atoms. The minimum absolute atomic E-state index is 0.124. The van der Waals surface area contributed by atoms with Crippen molar-refractivity contribution in [1.29, 1.82) is 0 Å².